The van der Waals surface area contributed by atoms with E-state index in [1.54, 1.807) is 12.1 Å². The molecule has 1 N–H and O–H groups in total. The van der Waals surface area contributed by atoms with Gasteiger partial charge in [0, 0.05) is 23.0 Å². The summed E-state index contributed by atoms with van der Waals surface area (Å²) in [5.41, 5.74) is -0.226. The van der Waals surface area contributed by atoms with E-state index in [2.05, 4.69) is 9.72 Å². The third-order valence-electron chi connectivity index (χ3n) is 4.04. The minimum Gasteiger partial charge on any atom is -0.505 e. The van der Waals surface area contributed by atoms with Crippen LogP contribution in [0.25, 0.3) is 10.8 Å². The van der Waals surface area contributed by atoms with Crippen LogP contribution in [0.1, 0.15) is 30.3 Å². The summed E-state index contributed by atoms with van der Waals surface area (Å²) in [7, 11) is 0. The fourth-order valence-electron chi connectivity index (χ4n) is 2.64. The normalized spacial score (nSPS) is 11.3. The van der Waals surface area contributed by atoms with Crippen LogP contribution in [0, 0.1) is 0 Å². The number of alkyl halides is 3. The van der Waals surface area contributed by atoms with E-state index in [4.69, 9.17) is 9.47 Å². The number of fused-ring (bicyclic) bond motifs is 1. The molecule has 6 nitrogen and oxygen atoms in total. The summed E-state index contributed by atoms with van der Waals surface area (Å²) in [4.78, 5) is 16.1. The Bertz CT molecular complexity index is 1050. The van der Waals surface area contributed by atoms with Crippen LogP contribution in [0.4, 0.5) is 13.2 Å². The Hall–Kier alpha value is -3.49. The number of aromatic nitrogens is 1. The Morgan fingerprint density at radius 3 is 2.57 bits per heavy atom. The molecular formula is C21H18F3NO5. The lowest BCUT2D eigenvalue weighted by atomic mass is 10.1. The monoisotopic (exact) mass is 421 g/mol. The van der Waals surface area contributed by atoms with Crippen molar-refractivity contribution in [1.82, 2.24) is 4.98 Å². The lowest BCUT2D eigenvalue weighted by Crippen LogP contribution is -2.16. The van der Waals surface area contributed by atoms with Gasteiger partial charge in [-0.15, -0.1) is 13.2 Å². The van der Waals surface area contributed by atoms with Crippen LogP contribution in [0.3, 0.4) is 0 Å². The standard InChI is InChI=1S/C21H18F3NO5/c1-2-3-9-28-20(27)18-19(26)17-11-15(8-7-13(17)12-25-18)29-14-5-4-6-16(10-14)30-21(22,23)24/h4-8,10-12,26H,2-3,9H2,1H3. The lowest BCUT2D eigenvalue weighted by molar-refractivity contribution is -0.274. The molecule has 30 heavy (non-hydrogen) atoms. The molecule has 158 valence electrons. The summed E-state index contributed by atoms with van der Waals surface area (Å²) >= 11 is 0. The number of nitrogens with zero attached hydrogens (tertiary/aromatic N) is 1. The van der Waals surface area contributed by atoms with Gasteiger partial charge in [0.2, 0.25) is 0 Å². The van der Waals surface area contributed by atoms with Crippen LogP contribution >= 0.6 is 0 Å². The second-order valence-electron chi connectivity index (χ2n) is 6.32. The van der Waals surface area contributed by atoms with E-state index in [0.717, 1.165) is 18.6 Å². The first-order valence-electron chi connectivity index (χ1n) is 9.09. The fourth-order valence-corrected chi connectivity index (χ4v) is 2.64. The number of benzene rings is 2. The fraction of sp³-hybridized carbons (Fsp3) is 0.238. The second-order valence-corrected chi connectivity index (χ2v) is 6.32. The molecule has 0 unspecified atom stereocenters. The number of pyridine rings is 1. The molecule has 0 aliphatic rings. The highest BCUT2D eigenvalue weighted by Gasteiger charge is 2.31. The summed E-state index contributed by atoms with van der Waals surface area (Å²) < 4.78 is 51.7. The lowest BCUT2D eigenvalue weighted by Gasteiger charge is -2.12. The highest BCUT2D eigenvalue weighted by Crippen LogP contribution is 2.34. The first-order valence-corrected chi connectivity index (χ1v) is 9.09. The van der Waals surface area contributed by atoms with Crippen LogP contribution in [0.2, 0.25) is 0 Å². The van der Waals surface area contributed by atoms with Crippen molar-refractivity contribution in [3.8, 4) is 23.0 Å². The maximum absolute atomic E-state index is 12.4. The van der Waals surface area contributed by atoms with Gasteiger partial charge in [-0.2, -0.15) is 0 Å². The number of hydrogen-bond donors (Lipinski definition) is 1. The average molecular weight is 421 g/mol. The Balaban J connectivity index is 1.85. The van der Waals surface area contributed by atoms with Crippen molar-refractivity contribution in [1.29, 1.82) is 0 Å². The molecule has 0 aliphatic heterocycles. The molecule has 3 rings (SSSR count). The van der Waals surface area contributed by atoms with Gasteiger partial charge in [-0.3, -0.25) is 0 Å². The molecular weight excluding hydrogens is 403 g/mol. The molecule has 0 spiro atoms. The Morgan fingerprint density at radius 2 is 1.83 bits per heavy atom. The van der Waals surface area contributed by atoms with Crippen LogP contribution in [-0.2, 0) is 4.74 Å². The predicted octanol–water partition coefficient (Wildman–Crippen LogP) is 5.59. The van der Waals surface area contributed by atoms with Crippen molar-refractivity contribution in [3.05, 3.63) is 54.4 Å². The molecule has 0 radical (unpaired) electrons. The van der Waals surface area contributed by atoms with Crippen LogP contribution in [-0.4, -0.2) is 29.0 Å². The smallest absolute Gasteiger partial charge is 0.505 e. The topological polar surface area (TPSA) is 77.9 Å². The molecule has 0 bridgehead atoms. The summed E-state index contributed by atoms with van der Waals surface area (Å²) in [6.45, 7) is 2.17. The molecule has 0 saturated heterocycles. The van der Waals surface area contributed by atoms with Gasteiger partial charge in [0.15, 0.2) is 11.4 Å². The van der Waals surface area contributed by atoms with Gasteiger partial charge in [-0.25, -0.2) is 9.78 Å². The van der Waals surface area contributed by atoms with Gasteiger partial charge in [-0.05, 0) is 36.8 Å². The number of hydrogen-bond acceptors (Lipinski definition) is 6. The van der Waals surface area contributed by atoms with Crippen LogP contribution in [0.15, 0.2) is 48.7 Å². The first-order chi connectivity index (χ1) is 14.3. The van der Waals surface area contributed by atoms with E-state index in [1.165, 1.54) is 24.4 Å². The summed E-state index contributed by atoms with van der Waals surface area (Å²) in [6.07, 6.45) is -1.87. The Morgan fingerprint density at radius 1 is 1.10 bits per heavy atom. The van der Waals surface area contributed by atoms with E-state index in [0.29, 0.717) is 11.8 Å². The molecule has 0 amide bonds. The van der Waals surface area contributed by atoms with E-state index in [-0.39, 0.29) is 34.9 Å². The van der Waals surface area contributed by atoms with Crippen molar-refractivity contribution in [2.24, 2.45) is 0 Å². The maximum Gasteiger partial charge on any atom is 0.573 e. The first kappa shape index (κ1) is 21.2. The molecule has 9 heteroatoms. The van der Waals surface area contributed by atoms with Gasteiger partial charge in [-0.1, -0.05) is 19.4 Å². The van der Waals surface area contributed by atoms with E-state index < -0.39 is 18.1 Å². The molecule has 0 saturated carbocycles. The van der Waals surface area contributed by atoms with Gasteiger partial charge in [0.1, 0.15) is 17.2 Å². The Labute approximate surface area is 169 Å². The zero-order valence-electron chi connectivity index (χ0n) is 15.9. The predicted molar refractivity (Wildman–Crippen MR) is 102 cm³/mol. The third-order valence-corrected chi connectivity index (χ3v) is 4.04. The largest absolute Gasteiger partial charge is 0.573 e. The van der Waals surface area contributed by atoms with Gasteiger partial charge < -0.3 is 19.3 Å². The number of rotatable bonds is 7. The van der Waals surface area contributed by atoms with Crippen LogP contribution < -0.4 is 9.47 Å². The highest BCUT2D eigenvalue weighted by atomic mass is 19.4. The van der Waals surface area contributed by atoms with E-state index in [1.807, 2.05) is 6.92 Å². The number of aromatic hydroxyl groups is 1. The molecule has 0 atom stereocenters. The SMILES string of the molecule is CCCCOC(=O)c1ncc2ccc(Oc3cccc(OC(F)(F)F)c3)cc2c1O. The quantitative estimate of drug-likeness (QED) is 0.396. The van der Waals surface area contributed by atoms with Gasteiger partial charge >= 0.3 is 12.3 Å². The van der Waals surface area contributed by atoms with Crippen molar-refractivity contribution < 1.29 is 37.3 Å². The maximum atomic E-state index is 12.4. The minimum absolute atomic E-state index is 0.101. The number of unbranched alkanes of at least 4 members (excludes halogenated alkanes) is 1. The molecule has 0 aliphatic carbocycles. The number of halogens is 3. The van der Waals surface area contributed by atoms with Crippen LogP contribution in [0.5, 0.6) is 23.0 Å². The third kappa shape index (κ3) is 5.31. The van der Waals surface area contributed by atoms with Crippen molar-refractivity contribution >= 4 is 16.7 Å². The number of carbonyl (C=O) groups is 1. The molecule has 2 aromatic carbocycles. The Kier molecular flexibility index (Phi) is 6.29. The number of ether oxygens (including phenoxy) is 3. The second kappa shape index (κ2) is 8.89. The zero-order chi connectivity index (χ0) is 21.7. The van der Waals surface area contributed by atoms with E-state index in [9.17, 15) is 23.1 Å². The van der Waals surface area contributed by atoms with Gasteiger partial charge in [0.05, 0.1) is 6.61 Å². The van der Waals surface area contributed by atoms with Gasteiger partial charge in [0.25, 0.3) is 0 Å². The van der Waals surface area contributed by atoms with Crippen molar-refractivity contribution in [2.45, 2.75) is 26.1 Å². The van der Waals surface area contributed by atoms with Crippen molar-refractivity contribution in [2.75, 3.05) is 6.61 Å². The summed E-state index contributed by atoms with van der Waals surface area (Å²) in [5, 5.41) is 11.3. The average Bonchev–Trinajstić information content (AvgIpc) is 2.68. The zero-order valence-corrected chi connectivity index (χ0v) is 15.9. The molecule has 1 heterocycles. The summed E-state index contributed by atoms with van der Waals surface area (Å²) in [5.74, 6) is -1.20. The number of carbonyl (C=O) groups excluding carboxylic acids is 1. The highest BCUT2D eigenvalue weighted by molar-refractivity contribution is 5.99. The molecule has 1 aromatic heterocycles. The van der Waals surface area contributed by atoms with Crippen molar-refractivity contribution in [3.63, 3.8) is 0 Å². The number of esters is 1. The molecule has 0 fully saturated rings. The van der Waals surface area contributed by atoms with E-state index >= 15 is 0 Å². The minimum atomic E-state index is -4.82. The summed E-state index contributed by atoms with van der Waals surface area (Å²) in [6, 6.07) is 9.64. The molecule has 3 aromatic rings.